The molecule has 1 fully saturated rings. The summed E-state index contributed by atoms with van der Waals surface area (Å²) in [7, 11) is 0. The largest absolute Gasteiger partial charge is 0.338 e. The zero-order chi connectivity index (χ0) is 13.4. The molecule has 0 saturated heterocycles. The molecule has 100 valence electrons. The average Bonchev–Trinajstić information content (AvgIpc) is 3.14. The Morgan fingerprint density at radius 1 is 1.47 bits per heavy atom. The number of aromatic nitrogens is 2. The maximum atomic E-state index is 13.7. The van der Waals surface area contributed by atoms with Crippen LogP contribution in [0.3, 0.4) is 0 Å². The number of hydrogen-bond acceptors (Lipinski definition) is 4. The van der Waals surface area contributed by atoms with Gasteiger partial charge in [0.2, 0.25) is 5.89 Å². The first-order valence-electron chi connectivity index (χ1n) is 6.16. The van der Waals surface area contributed by atoms with Crippen molar-refractivity contribution in [2.75, 3.05) is 0 Å². The molecule has 6 heteroatoms. The van der Waals surface area contributed by atoms with E-state index >= 15 is 0 Å². The topological polar surface area (TPSA) is 64.9 Å². The van der Waals surface area contributed by atoms with Crippen LogP contribution in [0.1, 0.15) is 36.2 Å². The van der Waals surface area contributed by atoms with Gasteiger partial charge in [-0.2, -0.15) is 4.98 Å². The average molecular weight is 282 g/mol. The van der Waals surface area contributed by atoms with Gasteiger partial charge in [-0.1, -0.05) is 28.9 Å². The summed E-state index contributed by atoms with van der Waals surface area (Å²) < 4.78 is 18.9. The van der Waals surface area contributed by atoms with Gasteiger partial charge in [-0.05, 0) is 30.4 Å². The van der Waals surface area contributed by atoms with Crippen LogP contribution >= 0.6 is 11.6 Å². The molecular formula is C13H13ClFN3O. The van der Waals surface area contributed by atoms with Crippen molar-refractivity contribution in [3.05, 3.63) is 46.3 Å². The van der Waals surface area contributed by atoms with E-state index in [1.54, 1.807) is 12.1 Å². The predicted octanol–water partition coefficient (Wildman–Crippen LogP) is 2.86. The van der Waals surface area contributed by atoms with E-state index in [1.807, 2.05) is 0 Å². The fourth-order valence-corrected chi connectivity index (χ4v) is 2.18. The van der Waals surface area contributed by atoms with E-state index in [0.29, 0.717) is 23.2 Å². The van der Waals surface area contributed by atoms with Gasteiger partial charge in [-0.15, -0.1) is 0 Å². The third-order valence-corrected chi connectivity index (χ3v) is 3.57. The lowest BCUT2D eigenvalue weighted by Gasteiger charge is -2.02. The summed E-state index contributed by atoms with van der Waals surface area (Å²) in [6.07, 6.45) is 2.44. The molecule has 1 aliphatic rings. The van der Waals surface area contributed by atoms with E-state index in [1.165, 1.54) is 6.07 Å². The Balaban J connectivity index is 1.78. The molecule has 3 rings (SSSR count). The number of halogens is 2. The van der Waals surface area contributed by atoms with Gasteiger partial charge in [-0.25, -0.2) is 4.39 Å². The Bertz CT molecular complexity index is 597. The maximum Gasteiger partial charge on any atom is 0.243 e. The quantitative estimate of drug-likeness (QED) is 0.936. The van der Waals surface area contributed by atoms with Crippen LogP contribution in [0.2, 0.25) is 5.02 Å². The van der Waals surface area contributed by atoms with E-state index < -0.39 is 5.82 Å². The van der Waals surface area contributed by atoms with Crippen LogP contribution < -0.4 is 5.73 Å². The van der Waals surface area contributed by atoms with Crippen LogP contribution in [0, 0.1) is 11.7 Å². The second-order valence-corrected chi connectivity index (χ2v) is 5.21. The predicted molar refractivity (Wildman–Crippen MR) is 68.2 cm³/mol. The summed E-state index contributed by atoms with van der Waals surface area (Å²) in [6.45, 7) is 0. The molecule has 1 aromatic carbocycles. The Hall–Kier alpha value is -1.46. The van der Waals surface area contributed by atoms with Gasteiger partial charge in [0, 0.05) is 6.42 Å². The summed E-state index contributed by atoms with van der Waals surface area (Å²) in [4.78, 5) is 4.22. The molecule has 0 aliphatic heterocycles. The van der Waals surface area contributed by atoms with E-state index in [9.17, 15) is 4.39 Å². The highest BCUT2D eigenvalue weighted by Crippen LogP contribution is 2.38. The van der Waals surface area contributed by atoms with Crippen molar-refractivity contribution < 1.29 is 8.91 Å². The normalized spacial score (nSPS) is 16.6. The van der Waals surface area contributed by atoms with Crippen molar-refractivity contribution >= 4 is 11.6 Å². The molecule has 0 amide bonds. The minimum atomic E-state index is -0.443. The second kappa shape index (κ2) is 4.90. The summed E-state index contributed by atoms with van der Waals surface area (Å²) in [5.41, 5.74) is 6.41. The summed E-state index contributed by atoms with van der Waals surface area (Å²) >= 11 is 5.73. The van der Waals surface area contributed by atoms with Crippen molar-refractivity contribution in [1.29, 1.82) is 0 Å². The molecule has 1 aliphatic carbocycles. The molecule has 1 unspecified atom stereocenters. The molecule has 4 nitrogen and oxygen atoms in total. The number of nitrogens with zero attached hydrogens (tertiary/aromatic N) is 2. The van der Waals surface area contributed by atoms with Crippen LogP contribution in [-0.4, -0.2) is 10.1 Å². The first-order valence-corrected chi connectivity index (χ1v) is 6.54. The van der Waals surface area contributed by atoms with E-state index in [4.69, 9.17) is 21.9 Å². The minimum Gasteiger partial charge on any atom is -0.338 e. The van der Waals surface area contributed by atoms with Crippen molar-refractivity contribution in [2.45, 2.75) is 25.3 Å². The Labute approximate surface area is 114 Å². The van der Waals surface area contributed by atoms with Crippen molar-refractivity contribution in [3.8, 4) is 0 Å². The number of hydrogen-bond donors (Lipinski definition) is 1. The maximum absolute atomic E-state index is 13.7. The third kappa shape index (κ3) is 2.62. The smallest absolute Gasteiger partial charge is 0.243 e. The van der Waals surface area contributed by atoms with Gasteiger partial charge in [0.05, 0.1) is 11.1 Å². The van der Waals surface area contributed by atoms with Gasteiger partial charge in [-0.3, -0.25) is 0 Å². The number of rotatable bonds is 4. The molecule has 0 spiro atoms. The lowest BCUT2D eigenvalue weighted by atomic mass is 10.1. The Kier molecular flexibility index (Phi) is 3.24. The zero-order valence-corrected chi connectivity index (χ0v) is 10.9. The van der Waals surface area contributed by atoms with Gasteiger partial charge >= 0.3 is 0 Å². The molecule has 2 aromatic rings. The fraction of sp³-hybridized carbons (Fsp3) is 0.385. The van der Waals surface area contributed by atoms with E-state index in [2.05, 4.69) is 10.1 Å². The minimum absolute atomic E-state index is 0.0934. The van der Waals surface area contributed by atoms with Gasteiger partial charge in [0.1, 0.15) is 5.82 Å². The van der Waals surface area contributed by atoms with Crippen LogP contribution in [0.15, 0.2) is 22.7 Å². The van der Waals surface area contributed by atoms with Crippen LogP contribution in [-0.2, 0) is 6.42 Å². The monoisotopic (exact) mass is 281 g/mol. The summed E-state index contributed by atoms with van der Waals surface area (Å²) in [6, 6.07) is 4.64. The Morgan fingerprint density at radius 3 is 3.00 bits per heavy atom. The standard InChI is InChI=1S/C13H13ClFN3O/c14-9-3-1-2-8(11(9)15)6-10-17-13(19-18-10)12(16)7-4-5-7/h1-3,7,12H,4-6,16H2. The van der Waals surface area contributed by atoms with E-state index in [-0.39, 0.29) is 17.5 Å². The Morgan fingerprint density at radius 2 is 2.26 bits per heavy atom. The van der Waals surface area contributed by atoms with E-state index in [0.717, 1.165) is 12.8 Å². The summed E-state index contributed by atoms with van der Waals surface area (Å²) in [5, 5.41) is 3.93. The van der Waals surface area contributed by atoms with Gasteiger partial charge in [0.15, 0.2) is 5.82 Å². The van der Waals surface area contributed by atoms with Gasteiger partial charge in [0.25, 0.3) is 0 Å². The third-order valence-electron chi connectivity index (χ3n) is 3.28. The SMILES string of the molecule is NC(c1nc(Cc2cccc(Cl)c2F)no1)C1CC1. The van der Waals surface area contributed by atoms with Crippen molar-refractivity contribution in [1.82, 2.24) is 10.1 Å². The van der Waals surface area contributed by atoms with Crippen molar-refractivity contribution in [2.24, 2.45) is 11.7 Å². The highest BCUT2D eigenvalue weighted by molar-refractivity contribution is 6.30. The van der Waals surface area contributed by atoms with Crippen molar-refractivity contribution in [3.63, 3.8) is 0 Å². The molecule has 1 atom stereocenters. The lowest BCUT2D eigenvalue weighted by Crippen LogP contribution is -2.12. The molecule has 0 bridgehead atoms. The molecule has 1 aromatic heterocycles. The first kappa shape index (κ1) is 12.6. The lowest BCUT2D eigenvalue weighted by molar-refractivity contribution is 0.340. The molecular weight excluding hydrogens is 269 g/mol. The van der Waals surface area contributed by atoms with Gasteiger partial charge < -0.3 is 10.3 Å². The molecule has 0 radical (unpaired) electrons. The highest BCUT2D eigenvalue weighted by Gasteiger charge is 2.33. The fourth-order valence-electron chi connectivity index (χ4n) is 1.99. The first-order chi connectivity index (χ1) is 9.15. The second-order valence-electron chi connectivity index (χ2n) is 4.80. The van der Waals surface area contributed by atoms with Crippen LogP contribution in [0.4, 0.5) is 4.39 Å². The number of nitrogens with two attached hydrogens (primary N) is 1. The van der Waals surface area contributed by atoms with Crippen LogP contribution in [0.25, 0.3) is 0 Å². The molecule has 1 heterocycles. The summed E-state index contributed by atoms with van der Waals surface area (Å²) in [5.74, 6) is 0.852. The number of benzene rings is 1. The highest BCUT2D eigenvalue weighted by atomic mass is 35.5. The molecule has 1 saturated carbocycles. The molecule has 19 heavy (non-hydrogen) atoms. The van der Waals surface area contributed by atoms with Crippen LogP contribution in [0.5, 0.6) is 0 Å². The zero-order valence-electron chi connectivity index (χ0n) is 10.1. The molecule has 2 N–H and O–H groups in total.